The SMILES string of the molecule is CN=C(NCCCN(C(C)C)C(C)C)NCC(C)Cn1nc(C)cc1C.I. The summed E-state index contributed by atoms with van der Waals surface area (Å²) in [5.74, 6) is 1.36. The predicted molar refractivity (Wildman–Crippen MR) is 127 cm³/mol. The number of halogens is 1. The lowest BCUT2D eigenvalue weighted by Crippen LogP contribution is -2.42. The second-order valence-electron chi connectivity index (χ2n) is 7.87. The van der Waals surface area contributed by atoms with Crippen LogP contribution in [0.3, 0.4) is 0 Å². The fourth-order valence-electron chi connectivity index (χ4n) is 3.29. The second-order valence-corrected chi connectivity index (χ2v) is 7.87. The minimum absolute atomic E-state index is 0. The third-order valence-electron chi connectivity index (χ3n) is 4.64. The Morgan fingerprint density at radius 1 is 1.15 bits per heavy atom. The van der Waals surface area contributed by atoms with Crippen molar-refractivity contribution in [2.24, 2.45) is 10.9 Å². The molecule has 0 radical (unpaired) electrons. The number of rotatable bonds is 10. The average Bonchev–Trinajstić information content (AvgIpc) is 2.86. The number of hydrogen-bond acceptors (Lipinski definition) is 3. The fourth-order valence-corrected chi connectivity index (χ4v) is 3.29. The highest BCUT2D eigenvalue weighted by atomic mass is 127. The minimum atomic E-state index is 0. The van der Waals surface area contributed by atoms with Crippen LogP contribution in [0.4, 0.5) is 0 Å². The highest BCUT2D eigenvalue weighted by Gasteiger charge is 2.12. The highest BCUT2D eigenvalue weighted by molar-refractivity contribution is 14.0. The molecule has 0 saturated heterocycles. The van der Waals surface area contributed by atoms with E-state index in [1.165, 1.54) is 5.69 Å². The van der Waals surface area contributed by atoms with Gasteiger partial charge in [-0.3, -0.25) is 14.6 Å². The molecule has 1 heterocycles. The van der Waals surface area contributed by atoms with Gasteiger partial charge in [-0.15, -0.1) is 24.0 Å². The van der Waals surface area contributed by atoms with Crippen LogP contribution < -0.4 is 10.6 Å². The van der Waals surface area contributed by atoms with E-state index in [4.69, 9.17) is 0 Å². The van der Waals surface area contributed by atoms with Gasteiger partial charge in [0.05, 0.1) is 5.69 Å². The van der Waals surface area contributed by atoms with Crippen molar-refractivity contribution >= 4 is 29.9 Å². The Bertz CT molecular complexity index is 545. The molecular weight excluding hydrogens is 451 g/mol. The molecular formula is C20H41IN6. The van der Waals surface area contributed by atoms with Crippen molar-refractivity contribution in [3.63, 3.8) is 0 Å². The van der Waals surface area contributed by atoms with Crippen LogP contribution in [0.5, 0.6) is 0 Å². The van der Waals surface area contributed by atoms with Crippen molar-refractivity contribution < 1.29 is 0 Å². The van der Waals surface area contributed by atoms with Gasteiger partial charge in [-0.2, -0.15) is 5.10 Å². The summed E-state index contributed by atoms with van der Waals surface area (Å²) in [6.07, 6.45) is 1.11. The molecule has 1 unspecified atom stereocenters. The molecule has 1 rings (SSSR count). The van der Waals surface area contributed by atoms with Crippen LogP contribution in [0.15, 0.2) is 11.1 Å². The molecule has 1 aromatic heterocycles. The van der Waals surface area contributed by atoms with E-state index < -0.39 is 0 Å². The third-order valence-corrected chi connectivity index (χ3v) is 4.64. The molecule has 0 fully saturated rings. The Morgan fingerprint density at radius 2 is 1.78 bits per heavy atom. The molecule has 0 spiro atoms. The Kier molecular flexibility index (Phi) is 13.0. The summed E-state index contributed by atoms with van der Waals surface area (Å²) in [5.41, 5.74) is 2.30. The Labute approximate surface area is 183 Å². The van der Waals surface area contributed by atoms with Gasteiger partial charge in [-0.05, 0) is 59.9 Å². The van der Waals surface area contributed by atoms with Crippen LogP contribution in [-0.2, 0) is 6.54 Å². The maximum absolute atomic E-state index is 4.54. The maximum atomic E-state index is 4.54. The van der Waals surface area contributed by atoms with E-state index in [1.54, 1.807) is 0 Å². The number of aryl methyl sites for hydroxylation is 2. The van der Waals surface area contributed by atoms with Crippen molar-refractivity contribution in [3.05, 3.63) is 17.5 Å². The second kappa shape index (κ2) is 13.4. The monoisotopic (exact) mass is 492 g/mol. The van der Waals surface area contributed by atoms with Crippen LogP contribution in [0, 0.1) is 19.8 Å². The molecule has 1 atom stereocenters. The number of guanidine groups is 1. The molecule has 158 valence electrons. The van der Waals surface area contributed by atoms with Crippen molar-refractivity contribution in [2.75, 3.05) is 26.7 Å². The summed E-state index contributed by atoms with van der Waals surface area (Å²) < 4.78 is 2.09. The van der Waals surface area contributed by atoms with Gasteiger partial charge in [-0.25, -0.2) is 0 Å². The number of nitrogens with zero attached hydrogens (tertiary/aromatic N) is 4. The first-order chi connectivity index (χ1) is 12.2. The van der Waals surface area contributed by atoms with E-state index in [-0.39, 0.29) is 24.0 Å². The summed E-state index contributed by atoms with van der Waals surface area (Å²) in [6, 6.07) is 3.29. The van der Waals surface area contributed by atoms with Gasteiger partial charge in [0.25, 0.3) is 0 Å². The van der Waals surface area contributed by atoms with Crippen LogP contribution in [0.2, 0.25) is 0 Å². The highest BCUT2D eigenvalue weighted by Crippen LogP contribution is 2.06. The summed E-state index contributed by atoms with van der Waals surface area (Å²) >= 11 is 0. The molecule has 1 aromatic rings. The lowest BCUT2D eigenvalue weighted by molar-refractivity contribution is 0.173. The number of nitrogens with one attached hydrogen (secondary N) is 2. The van der Waals surface area contributed by atoms with Crippen LogP contribution in [0.1, 0.15) is 52.4 Å². The summed E-state index contributed by atoms with van der Waals surface area (Å²) in [4.78, 5) is 6.86. The zero-order chi connectivity index (χ0) is 19.7. The summed E-state index contributed by atoms with van der Waals surface area (Å²) in [5, 5.41) is 11.4. The van der Waals surface area contributed by atoms with Gasteiger partial charge < -0.3 is 10.6 Å². The third kappa shape index (κ3) is 9.78. The molecule has 27 heavy (non-hydrogen) atoms. The fraction of sp³-hybridized carbons (Fsp3) is 0.800. The Hall–Kier alpha value is -0.830. The Morgan fingerprint density at radius 3 is 2.26 bits per heavy atom. The van der Waals surface area contributed by atoms with Gasteiger partial charge >= 0.3 is 0 Å². The summed E-state index contributed by atoms with van der Waals surface area (Å²) in [6.45, 7) is 19.3. The van der Waals surface area contributed by atoms with Crippen molar-refractivity contribution in [2.45, 2.75) is 73.5 Å². The molecule has 0 saturated carbocycles. The van der Waals surface area contributed by atoms with E-state index in [1.807, 2.05) is 14.0 Å². The average molecular weight is 492 g/mol. The Balaban J connectivity index is 0.00000676. The van der Waals surface area contributed by atoms with Crippen LogP contribution in [-0.4, -0.2) is 59.4 Å². The lowest BCUT2D eigenvalue weighted by atomic mass is 10.2. The van der Waals surface area contributed by atoms with Crippen molar-refractivity contribution in [1.29, 1.82) is 0 Å². The largest absolute Gasteiger partial charge is 0.356 e. The van der Waals surface area contributed by atoms with Gasteiger partial charge in [0.2, 0.25) is 0 Å². The number of aliphatic imine (C=N–C) groups is 1. The predicted octanol–water partition coefficient (Wildman–Crippen LogP) is 3.43. The van der Waals surface area contributed by atoms with E-state index in [2.05, 4.69) is 77.9 Å². The standard InChI is InChI=1S/C20H40N6.HI/c1-15(2)25(16(3)4)11-9-10-22-20(21-8)23-13-17(5)14-26-19(7)12-18(6)24-26;/h12,15-17H,9-11,13-14H2,1-8H3,(H2,21,22,23);1H. The molecule has 7 heteroatoms. The molecule has 6 nitrogen and oxygen atoms in total. The number of aromatic nitrogens is 2. The molecule has 0 aliphatic carbocycles. The van der Waals surface area contributed by atoms with E-state index >= 15 is 0 Å². The molecule has 2 N–H and O–H groups in total. The van der Waals surface area contributed by atoms with Crippen LogP contribution in [0.25, 0.3) is 0 Å². The minimum Gasteiger partial charge on any atom is -0.356 e. The molecule has 0 aromatic carbocycles. The number of hydrogen-bond donors (Lipinski definition) is 2. The molecule has 0 aliphatic rings. The molecule has 0 bridgehead atoms. The zero-order valence-electron chi connectivity index (χ0n) is 18.5. The zero-order valence-corrected chi connectivity index (χ0v) is 20.9. The van der Waals surface area contributed by atoms with Gasteiger partial charge in [-0.1, -0.05) is 6.92 Å². The topological polar surface area (TPSA) is 57.5 Å². The van der Waals surface area contributed by atoms with E-state index in [0.29, 0.717) is 18.0 Å². The van der Waals surface area contributed by atoms with E-state index in [9.17, 15) is 0 Å². The van der Waals surface area contributed by atoms with Gasteiger partial charge in [0.15, 0.2) is 5.96 Å². The summed E-state index contributed by atoms with van der Waals surface area (Å²) in [7, 11) is 1.83. The normalized spacial score (nSPS) is 13.2. The quantitative estimate of drug-likeness (QED) is 0.228. The lowest BCUT2D eigenvalue weighted by Gasteiger charge is -2.30. The van der Waals surface area contributed by atoms with E-state index in [0.717, 1.165) is 44.3 Å². The van der Waals surface area contributed by atoms with Gasteiger partial charge in [0.1, 0.15) is 0 Å². The molecule has 0 aliphatic heterocycles. The van der Waals surface area contributed by atoms with Crippen LogP contribution >= 0.6 is 24.0 Å². The molecule has 0 amide bonds. The van der Waals surface area contributed by atoms with Crippen molar-refractivity contribution in [1.82, 2.24) is 25.3 Å². The first-order valence-electron chi connectivity index (χ1n) is 9.95. The smallest absolute Gasteiger partial charge is 0.190 e. The maximum Gasteiger partial charge on any atom is 0.190 e. The van der Waals surface area contributed by atoms with Crippen molar-refractivity contribution in [3.8, 4) is 0 Å². The first-order valence-corrected chi connectivity index (χ1v) is 9.95. The first kappa shape index (κ1) is 26.2. The van der Waals surface area contributed by atoms with Gasteiger partial charge in [0, 0.05) is 51.0 Å².